The molecule has 0 aliphatic carbocycles. The monoisotopic (exact) mass is 541 g/mol. The van der Waals surface area contributed by atoms with Crippen LogP contribution in [0.15, 0.2) is 121 Å². The maximum Gasteiger partial charge on any atom is 0.336 e. The summed E-state index contributed by atoms with van der Waals surface area (Å²) in [5, 5.41) is 12.0. The number of amides is 1. The van der Waals surface area contributed by atoms with Gasteiger partial charge in [0.15, 0.2) is 0 Å². The van der Waals surface area contributed by atoms with Crippen molar-refractivity contribution < 1.29 is 19.5 Å². The largest absolute Gasteiger partial charge is 0.478 e. The summed E-state index contributed by atoms with van der Waals surface area (Å²) in [5.41, 5.74) is 5.68. The highest BCUT2D eigenvalue weighted by Crippen LogP contribution is 2.26. The van der Waals surface area contributed by atoms with Crippen LogP contribution in [0.25, 0.3) is 44.3 Å². The lowest BCUT2D eigenvalue weighted by Crippen LogP contribution is -2.25. The Morgan fingerprint density at radius 1 is 0.634 bits per heavy atom. The van der Waals surface area contributed by atoms with Gasteiger partial charge in [0.05, 0.1) is 40.7 Å². The van der Waals surface area contributed by atoms with Gasteiger partial charge >= 0.3 is 5.97 Å². The Hall–Kier alpha value is -5.40. The highest BCUT2D eigenvalue weighted by molar-refractivity contribution is 6.07. The van der Waals surface area contributed by atoms with Gasteiger partial charge in [0.25, 0.3) is 5.91 Å². The molecule has 1 amide bonds. The first-order chi connectivity index (χ1) is 20.0. The van der Waals surface area contributed by atoms with E-state index in [9.17, 15) is 14.7 Å². The number of pyridine rings is 2. The Morgan fingerprint density at radius 3 is 1.51 bits per heavy atom. The number of aromatic carboxylic acids is 1. The van der Waals surface area contributed by atoms with E-state index in [1.165, 1.54) is 12.2 Å². The highest BCUT2D eigenvalue weighted by atomic mass is 16.7. The van der Waals surface area contributed by atoms with Crippen molar-refractivity contribution in [3.05, 3.63) is 132 Å². The molecule has 2 aromatic heterocycles. The number of carboxylic acids is 1. The van der Waals surface area contributed by atoms with Crippen molar-refractivity contribution in [1.82, 2.24) is 15.0 Å². The Labute approximate surface area is 237 Å². The lowest BCUT2D eigenvalue weighted by Gasteiger charge is -2.16. The summed E-state index contributed by atoms with van der Waals surface area (Å²) >= 11 is 0. The minimum absolute atomic E-state index is 0.196. The molecule has 4 aromatic carbocycles. The maximum absolute atomic E-state index is 12.5. The summed E-state index contributed by atoms with van der Waals surface area (Å²) in [4.78, 5) is 38.1. The van der Waals surface area contributed by atoms with E-state index in [0.717, 1.165) is 27.7 Å². The van der Waals surface area contributed by atoms with Gasteiger partial charge in [-0.1, -0.05) is 97.1 Å². The smallest absolute Gasteiger partial charge is 0.336 e. The lowest BCUT2D eigenvalue weighted by atomic mass is 10.0. The molecule has 0 bridgehead atoms. The molecule has 0 unspecified atom stereocenters. The molecule has 0 saturated carbocycles. The number of hydrogen-bond donors (Lipinski definition) is 1. The minimum Gasteiger partial charge on any atom is -0.478 e. The van der Waals surface area contributed by atoms with E-state index in [2.05, 4.69) is 9.97 Å². The summed E-state index contributed by atoms with van der Waals surface area (Å²) in [6.07, 6.45) is 0. The zero-order valence-electron chi connectivity index (χ0n) is 22.6. The topological polar surface area (TPSA) is 92.6 Å². The number of hydrogen-bond acceptors (Lipinski definition) is 5. The van der Waals surface area contributed by atoms with Crippen molar-refractivity contribution in [2.24, 2.45) is 0 Å². The van der Waals surface area contributed by atoms with Crippen molar-refractivity contribution in [2.75, 3.05) is 14.2 Å². The van der Waals surface area contributed by atoms with Gasteiger partial charge in [-0.25, -0.2) is 19.8 Å². The van der Waals surface area contributed by atoms with Crippen molar-refractivity contribution in [3.63, 3.8) is 0 Å². The molecule has 0 radical (unpaired) electrons. The molecule has 7 nitrogen and oxygen atoms in total. The van der Waals surface area contributed by atoms with E-state index in [-0.39, 0.29) is 11.5 Å². The summed E-state index contributed by atoms with van der Waals surface area (Å²) < 4.78 is 0. The van der Waals surface area contributed by atoms with Gasteiger partial charge in [-0.2, -0.15) is 0 Å². The zero-order valence-corrected chi connectivity index (χ0v) is 22.6. The predicted octanol–water partition coefficient (Wildman–Crippen LogP) is 7.14. The van der Waals surface area contributed by atoms with E-state index < -0.39 is 5.97 Å². The number of rotatable bonds is 5. The third-order valence-corrected chi connectivity index (χ3v) is 6.59. The second-order valence-electron chi connectivity index (χ2n) is 9.17. The summed E-state index contributed by atoms with van der Waals surface area (Å²) in [6, 6.07) is 37.7. The fourth-order valence-electron chi connectivity index (χ4n) is 4.47. The van der Waals surface area contributed by atoms with Gasteiger partial charge in [-0.05, 0) is 24.3 Å². The van der Waals surface area contributed by atoms with Gasteiger partial charge in [-0.3, -0.25) is 9.63 Å². The number of hydroxylamine groups is 2. The van der Waals surface area contributed by atoms with Crippen LogP contribution in [0.3, 0.4) is 0 Å². The van der Waals surface area contributed by atoms with E-state index >= 15 is 0 Å². The van der Waals surface area contributed by atoms with E-state index in [1.807, 2.05) is 109 Å². The van der Waals surface area contributed by atoms with Crippen molar-refractivity contribution in [1.29, 1.82) is 0 Å². The summed E-state index contributed by atoms with van der Waals surface area (Å²) in [7, 11) is 3.07. The number of carbonyl (C=O) groups excluding carboxylic acids is 1. The van der Waals surface area contributed by atoms with Gasteiger partial charge < -0.3 is 5.11 Å². The molecule has 1 N–H and O–H groups in total. The van der Waals surface area contributed by atoms with Crippen LogP contribution in [-0.4, -0.2) is 46.2 Å². The third-order valence-electron chi connectivity index (χ3n) is 6.59. The first-order valence-electron chi connectivity index (χ1n) is 12.9. The minimum atomic E-state index is -0.934. The number of benzene rings is 4. The molecule has 0 saturated heterocycles. The van der Waals surface area contributed by atoms with Gasteiger partial charge in [0, 0.05) is 28.9 Å². The third kappa shape index (κ3) is 5.95. The molecule has 41 heavy (non-hydrogen) atoms. The van der Waals surface area contributed by atoms with Crippen LogP contribution in [0.4, 0.5) is 0 Å². The normalized spacial score (nSPS) is 10.6. The molecular weight excluding hydrogens is 514 g/mol. The number of fused-ring (bicyclic) bond motifs is 2. The van der Waals surface area contributed by atoms with E-state index in [1.54, 1.807) is 19.2 Å². The standard InChI is InChI=1S/C18H16N2O2.C16H11NO2/c1-20(22-2)18(21)15-12-17(13-8-4-3-5-9-13)19-16-11-7-6-10-14(15)16;18-16(19)13-10-15(11-6-2-1-3-7-11)17-14-9-5-4-8-12(13)14/h3-12H,1-2H3;1-10H,(H,18,19). The fourth-order valence-corrected chi connectivity index (χ4v) is 4.47. The second-order valence-corrected chi connectivity index (χ2v) is 9.17. The molecule has 202 valence electrons. The number of para-hydroxylation sites is 2. The molecule has 6 aromatic rings. The number of aromatic nitrogens is 2. The number of nitrogens with zero attached hydrogens (tertiary/aromatic N) is 3. The lowest BCUT2D eigenvalue weighted by molar-refractivity contribution is -0.0755. The van der Waals surface area contributed by atoms with E-state index in [4.69, 9.17) is 4.84 Å². The SMILES string of the molecule is CON(C)C(=O)c1cc(-c2ccccc2)nc2ccccc12.O=C(O)c1cc(-c2ccccc2)nc2ccccc12. The van der Waals surface area contributed by atoms with Crippen LogP contribution in [0, 0.1) is 0 Å². The van der Waals surface area contributed by atoms with Crippen LogP contribution < -0.4 is 0 Å². The quantitative estimate of drug-likeness (QED) is 0.233. The van der Waals surface area contributed by atoms with Crippen LogP contribution >= 0.6 is 0 Å². The Kier molecular flexibility index (Phi) is 8.08. The number of carboxylic acid groups (broad SMARTS) is 1. The molecular formula is C34H27N3O4. The van der Waals surface area contributed by atoms with Crippen molar-refractivity contribution in [3.8, 4) is 22.5 Å². The molecule has 0 spiro atoms. The average molecular weight is 542 g/mol. The van der Waals surface area contributed by atoms with Crippen LogP contribution in [0.2, 0.25) is 0 Å². The molecule has 2 heterocycles. The van der Waals surface area contributed by atoms with Crippen molar-refractivity contribution in [2.45, 2.75) is 0 Å². The predicted molar refractivity (Wildman–Crippen MR) is 160 cm³/mol. The summed E-state index contributed by atoms with van der Waals surface area (Å²) in [6.45, 7) is 0. The van der Waals surface area contributed by atoms with Gasteiger partial charge in [0.1, 0.15) is 0 Å². The number of carbonyl (C=O) groups is 2. The molecule has 6 rings (SSSR count). The first kappa shape index (κ1) is 27.2. The van der Waals surface area contributed by atoms with Crippen LogP contribution in [0.5, 0.6) is 0 Å². The van der Waals surface area contributed by atoms with Crippen LogP contribution in [-0.2, 0) is 4.84 Å². The van der Waals surface area contributed by atoms with Crippen molar-refractivity contribution >= 4 is 33.7 Å². The maximum atomic E-state index is 12.5. The second kappa shape index (κ2) is 12.2. The molecule has 0 aliphatic rings. The fraction of sp³-hybridized carbons (Fsp3) is 0.0588. The van der Waals surface area contributed by atoms with Gasteiger partial charge in [-0.15, -0.1) is 0 Å². The van der Waals surface area contributed by atoms with Crippen LogP contribution in [0.1, 0.15) is 20.7 Å². The Balaban J connectivity index is 0.000000166. The summed E-state index contributed by atoms with van der Waals surface area (Å²) in [5.74, 6) is -1.13. The first-order valence-corrected chi connectivity index (χ1v) is 12.9. The van der Waals surface area contributed by atoms with Gasteiger partial charge in [0.2, 0.25) is 0 Å². The Bertz CT molecular complexity index is 1840. The van der Waals surface area contributed by atoms with E-state index in [0.29, 0.717) is 22.2 Å². The molecule has 7 heteroatoms. The molecule has 0 fully saturated rings. The highest BCUT2D eigenvalue weighted by Gasteiger charge is 2.17. The average Bonchev–Trinajstić information content (AvgIpc) is 3.04. The zero-order chi connectivity index (χ0) is 28.8. The molecule has 0 aliphatic heterocycles. The molecule has 0 atom stereocenters. The Morgan fingerprint density at radius 2 is 1.05 bits per heavy atom.